The second kappa shape index (κ2) is 14.9. The maximum atomic E-state index is 11.2. The molecule has 0 aromatic heterocycles. The van der Waals surface area contributed by atoms with E-state index in [-0.39, 0.29) is 34.8 Å². The zero-order chi connectivity index (χ0) is 37.0. The molecule has 0 unspecified atom stereocenters. The second-order valence-corrected chi connectivity index (χ2v) is 13.5. The number of phenols is 4. The number of hydrogen-bond acceptors (Lipinski definition) is 4. The van der Waals surface area contributed by atoms with Crippen LogP contribution in [0, 0.1) is 0 Å². The summed E-state index contributed by atoms with van der Waals surface area (Å²) in [5.74, 6) is -0.0772. The van der Waals surface area contributed by atoms with E-state index < -0.39 is 0 Å². The van der Waals surface area contributed by atoms with Crippen LogP contribution in [0.4, 0.5) is 0 Å². The van der Waals surface area contributed by atoms with Crippen molar-refractivity contribution in [3.63, 3.8) is 0 Å². The highest BCUT2D eigenvalue weighted by molar-refractivity contribution is 5.76. The number of rotatable bonds is 9. The van der Waals surface area contributed by atoms with E-state index >= 15 is 0 Å². The van der Waals surface area contributed by atoms with Crippen LogP contribution in [-0.2, 0) is 0 Å². The van der Waals surface area contributed by atoms with Crippen LogP contribution in [0.15, 0.2) is 194 Å². The Kier molecular flexibility index (Phi) is 9.40. The summed E-state index contributed by atoms with van der Waals surface area (Å²) in [4.78, 5) is 0. The number of benzene rings is 8. The summed E-state index contributed by atoms with van der Waals surface area (Å²) in [5, 5.41) is 45.0. The van der Waals surface area contributed by atoms with Crippen molar-refractivity contribution in [3.8, 4) is 67.5 Å². The van der Waals surface area contributed by atoms with Gasteiger partial charge in [-0.3, -0.25) is 0 Å². The van der Waals surface area contributed by atoms with Crippen LogP contribution in [0.1, 0.15) is 34.1 Å². The third kappa shape index (κ3) is 6.81. The van der Waals surface area contributed by atoms with Crippen LogP contribution in [0.5, 0.6) is 23.0 Å². The molecule has 0 aliphatic carbocycles. The predicted molar refractivity (Wildman–Crippen MR) is 218 cm³/mol. The van der Waals surface area contributed by atoms with Gasteiger partial charge in [-0.15, -0.1) is 0 Å². The summed E-state index contributed by atoms with van der Waals surface area (Å²) in [7, 11) is 0. The Hall–Kier alpha value is -7.04. The van der Waals surface area contributed by atoms with E-state index in [9.17, 15) is 20.4 Å². The lowest BCUT2D eigenvalue weighted by Gasteiger charge is -2.31. The lowest BCUT2D eigenvalue weighted by molar-refractivity contribution is 0.475. The quantitative estimate of drug-likeness (QED) is 0.121. The third-order valence-corrected chi connectivity index (χ3v) is 10.2. The number of phenolic OH excluding ortho intramolecular Hbond substituents is 4. The van der Waals surface area contributed by atoms with Gasteiger partial charge in [0.2, 0.25) is 0 Å². The molecule has 8 aromatic rings. The third-order valence-electron chi connectivity index (χ3n) is 10.2. The van der Waals surface area contributed by atoms with E-state index in [1.54, 1.807) is 24.3 Å². The molecule has 4 nitrogen and oxygen atoms in total. The van der Waals surface area contributed by atoms with E-state index in [2.05, 4.69) is 24.3 Å². The van der Waals surface area contributed by atoms with Gasteiger partial charge in [-0.2, -0.15) is 0 Å². The Labute approximate surface area is 315 Å². The summed E-state index contributed by atoms with van der Waals surface area (Å²) < 4.78 is 0. The van der Waals surface area contributed by atoms with Crippen molar-refractivity contribution in [1.29, 1.82) is 0 Å². The maximum absolute atomic E-state index is 11.2. The Morgan fingerprint density at radius 1 is 0.241 bits per heavy atom. The monoisotopic (exact) mass is 702 g/mol. The Morgan fingerprint density at radius 2 is 0.444 bits per heavy atom. The lowest BCUT2D eigenvalue weighted by Crippen LogP contribution is -2.15. The van der Waals surface area contributed by atoms with Crippen LogP contribution in [0.2, 0.25) is 0 Å². The van der Waals surface area contributed by atoms with E-state index in [4.69, 9.17) is 0 Å². The largest absolute Gasteiger partial charge is 0.507 e. The molecular formula is C50H38O4. The van der Waals surface area contributed by atoms with Crippen LogP contribution < -0.4 is 0 Å². The zero-order valence-electron chi connectivity index (χ0n) is 29.4. The van der Waals surface area contributed by atoms with Gasteiger partial charge in [0.1, 0.15) is 23.0 Å². The van der Waals surface area contributed by atoms with Crippen molar-refractivity contribution < 1.29 is 20.4 Å². The van der Waals surface area contributed by atoms with Crippen molar-refractivity contribution in [3.05, 3.63) is 216 Å². The Morgan fingerprint density at radius 3 is 0.648 bits per heavy atom. The highest BCUT2D eigenvalue weighted by atomic mass is 16.3. The molecule has 54 heavy (non-hydrogen) atoms. The predicted octanol–water partition coefficient (Wildman–Crippen LogP) is 12.1. The van der Waals surface area contributed by atoms with Crippen molar-refractivity contribution in [2.45, 2.75) is 11.8 Å². The first-order valence-corrected chi connectivity index (χ1v) is 18.0. The highest BCUT2D eigenvalue weighted by Crippen LogP contribution is 2.49. The smallest absolute Gasteiger partial charge is 0.123 e. The fourth-order valence-corrected chi connectivity index (χ4v) is 7.54. The van der Waals surface area contributed by atoms with Crippen LogP contribution in [0.25, 0.3) is 44.5 Å². The van der Waals surface area contributed by atoms with Crippen molar-refractivity contribution in [2.75, 3.05) is 0 Å². The highest BCUT2D eigenvalue weighted by Gasteiger charge is 2.31. The topological polar surface area (TPSA) is 80.9 Å². The first-order chi connectivity index (χ1) is 26.4. The minimum absolute atomic E-state index is 0.169. The molecule has 0 fully saturated rings. The van der Waals surface area contributed by atoms with Crippen molar-refractivity contribution in [2.24, 2.45) is 0 Å². The molecule has 4 N–H and O–H groups in total. The molecule has 0 heterocycles. The molecule has 0 saturated carbocycles. The summed E-state index contributed by atoms with van der Waals surface area (Å²) in [6, 6.07) is 62.4. The summed E-state index contributed by atoms with van der Waals surface area (Å²) in [6.45, 7) is 0. The van der Waals surface area contributed by atoms with Gasteiger partial charge >= 0.3 is 0 Å². The molecule has 0 radical (unpaired) electrons. The molecule has 0 aliphatic heterocycles. The zero-order valence-corrected chi connectivity index (χ0v) is 29.4. The first-order valence-electron chi connectivity index (χ1n) is 18.0. The second-order valence-electron chi connectivity index (χ2n) is 13.5. The average Bonchev–Trinajstić information content (AvgIpc) is 3.22. The lowest BCUT2D eigenvalue weighted by atomic mass is 9.72. The van der Waals surface area contributed by atoms with E-state index in [1.165, 1.54) is 0 Å². The fourth-order valence-electron chi connectivity index (χ4n) is 7.54. The first kappa shape index (κ1) is 34.1. The van der Waals surface area contributed by atoms with Gasteiger partial charge in [0.15, 0.2) is 0 Å². The molecule has 4 heteroatoms. The van der Waals surface area contributed by atoms with Gasteiger partial charge in [0.05, 0.1) is 0 Å². The molecule has 0 saturated heterocycles. The standard InChI is InChI=1S/C50H38O4/c51-45-25-21-37(29-41(45)33-13-5-1-6-14-33)49(38-22-26-46(52)42(30-38)34-15-7-2-8-16-34)50(39-23-27-47(53)43(31-39)35-17-9-3-10-18-35)40-24-28-48(54)44(32-40)36-19-11-4-12-20-36/h1-32,49-54H. The van der Waals surface area contributed by atoms with E-state index in [0.717, 1.165) is 44.5 Å². The van der Waals surface area contributed by atoms with Gasteiger partial charge < -0.3 is 20.4 Å². The maximum Gasteiger partial charge on any atom is 0.123 e. The number of aromatic hydroxyl groups is 4. The molecule has 0 atom stereocenters. The van der Waals surface area contributed by atoms with Gasteiger partial charge in [0, 0.05) is 34.1 Å². The fraction of sp³-hybridized carbons (Fsp3) is 0.0400. The molecular weight excluding hydrogens is 665 g/mol. The molecule has 0 spiro atoms. The minimum Gasteiger partial charge on any atom is -0.507 e. The molecule has 0 aliphatic rings. The Bertz CT molecular complexity index is 2170. The van der Waals surface area contributed by atoms with Gasteiger partial charge in [0.25, 0.3) is 0 Å². The van der Waals surface area contributed by atoms with Crippen LogP contribution in [-0.4, -0.2) is 20.4 Å². The van der Waals surface area contributed by atoms with E-state index in [1.807, 2.05) is 146 Å². The average molecular weight is 703 g/mol. The number of hydrogen-bond donors (Lipinski definition) is 4. The molecule has 0 bridgehead atoms. The van der Waals surface area contributed by atoms with Crippen LogP contribution >= 0.6 is 0 Å². The van der Waals surface area contributed by atoms with Crippen molar-refractivity contribution >= 4 is 0 Å². The summed E-state index contributed by atoms with van der Waals surface area (Å²) >= 11 is 0. The van der Waals surface area contributed by atoms with Gasteiger partial charge in [-0.25, -0.2) is 0 Å². The Balaban J connectivity index is 1.43. The van der Waals surface area contributed by atoms with Gasteiger partial charge in [-0.05, 0) is 93.0 Å². The van der Waals surface area contributed by atoms with Crippen molar-refractivity contribution in [1.82, 2.24) is 0 Å². The van der Waals surface area contributed by atoms with Crippen LogP contribution in [0.3, 0.4) is 0 Å². The summed E-state index contributed by atoms with van der Waals surface area (Å²) in [5.41, 5.74) is 10.1. The van der Waals surface area contributed by atoms with E-state index in [0.29, 0.717) is 22.3 Å². The normalized spacial score (nSPS) is 11.2. The SMILES string of the molecule is Oc1ccc(C(c2ccc(O)c(-c3ccccc3)c2)C(c2ccc(O)c(-c3ccccc3)c2)c2ccc(O)c(-c3ccccc3)c2)cc1-c1ccccc1. The minimum atomic E-state index is -0.377. The summed E-state index contributed by atoms with van der Waals surface area (Å²) in [6.07, 6.45) is 0. The molecule has 0 amide bonds. The van der Waals surface area contributed by atoms with Gasteiger partial charge in [-0.1, -0.05) is 146 Å². The molecule has 8 rings (SSSR count). The molecule has 262 valence electrons. The molecule has 8 aromatic carbocycles.